The Bertz CT molecular complexity index is 1120. The second-order valence-electron chi connectivity index (χ2n) is 7.83. The molecule has 9 nitrogen and oxygen atoms in total. The topological polar surface area (TPSA) is 114 Å². The molecule has 3 aromatic heterocycles. The number of pyridine rings is 1. The van der Waals surface area contributed by atoms with Crippen LogP contribution in [-0.4, -0.2) is 54.5 Å². The highest BCUT2D eigenvalue weighted by Crippen LogP contribution is 2.20. The molecule has 30 heavy (non-hydrogen) atoms. The molecule has 3 rings (SSSR count). The van der Waals surface area contributed by atoms with Crippen LogP contribution in [0.2, 0.25) is 0 Å². The summed E-state index contributed by atoms with van der Waals surface area (Å²) >= 11 is 0. The number of nitrogens with zero attached hydrogens (tertiary/aromatic N) is 4. The van der Waals surface area contributed by atoms with E-state index < -0.39 is 17.7 Å². The van der Waals surface area contributed by atoms with Crippen LogP contribution >= 0.6 is 0 Å². The maximum atomic E-state index is 14.0. The highest BCUT2D eigenvalue weighted by Gasteiger charge is 2.27. The Morgan fingerprint density at radius 3 is 2.70 bits per heavy atom. The predicted octanol–water partition coefficient (Wildman–Crippen LogP) is 1.54. The number of nitrogens with one attached hydrogen (secondary N) is 2. The number of hydrogen-bond acceptors (Lipinski definition) is 6. The molecule has 1 amide bonds. The van der Waals surface area contributed by atoms with E-state index >= 15 is 0 Å². The van der Waals surface area contributed by atoms with Gasteiger partial charge in [-0.25, -0.2) is 9.37 Å². The van der Waals surface area contributed by atoms with Gasteiger partial charge in [0.05, 0.1) is 12.1 Å². The van der Waals surface area contributed by atoms with Crippen LogP contribution in [0.25, 0.3) is 11.5 Å². The van der Waals surface area contributed by atoms with E-state index in [0.29, 0.717) is 17.3 Å². The summed E-state index contributed by atoms with van der Waals surface area (Å²) in [6.45, 7) is 6.10. The molecule has 0 aliphatic carbocycles. The van der Waals surface area contributed by atoms with E-state index in [0.717, 1.165) is 0 Å². The number of alkyl halides is 1. The maximum absolute atomic E-state index is 14.0. The number of rotatable bonds is 7. The van der Waals surface area contributed by atoms with Crippen LogP contribution in [0.15, 0.2) is 41.5 Å². The van der Waals surface area contributed by atoms with Crippen molar-refractivity contribution >= 4 is 17.4 Å². The molecule has 0 aromatic carbocycles. The summed E-state index contributed by atoms with van der Waals surface area (Å²) in [6, 6.07) is 6.34. The molecule has 0 saturated carbocycles. The summed E-state index contributed by atoms with van der Waals surface area (Å²) in [5, 5.41) is 19.8. The van der Waals surface area contributed by atoms with Gasteiger partial charge in [-0.3, -0.25) is 14.2 Å². The second-order valence-corrected chi connectivity index (χ2v) is 7.83. The highest BCUT2D eigenvalue weighted by atomic mass is 19.1. The fraction of sp³-hybridized carbons (Fsp3) is 0.400. The Labute approximate surface area is 172 Å². The van der Waals surface area contributed by atoms with Crippen LogP contribution in [-0.2, 0) is 0 Å². The van der Waals surface area contributed by atoms with Gasteiger partial charge in [0.15, 0.2) is 11.5 Å². The van der Waals surface area contributed by atoms with E-state index in [9.17, 15) is 19.1 Å². The van der Waals surface area contributed by atoms with E-state index in [-0.39, 0.29) is 23.7 Å². The Morgan fingerprint density at radius 2 is 2.07 bits per heavy atom. The molecule has 0 radical (unpaired) electrons. The maximum Gasteiger partial charge on any atom is 0.256 e. The molecule has 1 atom stereocenters. The van der Waals surface area contributed by atoms with Gasteiger partial charge in [0.1, 0.15) is 17.6 Å². The average molecular weight is 416 g/mol. The van der Waals surface area contributed by atoms with Crippen molar-refractivity contribution in [2.45, 2.75) is 45.5 Å². The number of amides is 1. The third kappa shape index (κ3) is 4.48. The zero-order valence-electron chi connectivity index (χ0n) is 17.3. The van der Waals surface area contributed by atoms with Crippen LogP contribution in [0.3, 0.4) is 0 Å². The summed E-state index contributed by atoms with van der Waals surface area (Å²) in [5.74, 6) is 0.151. The van der Waals surface area contributed by atoms with Crippen LogP contribution < -0.4 is 16.2 Å². The standard InChI is InChI=1S/C20H25FN6O3/c1-12(2)24-18-13(19(29)23-11-14(21)20(3,4)30)10-22-15-9-16(25-27(15)18)26-8-6-5-7-17(26)28/h5-10,12,14,24,30H,11H2,1-4H3,(H,23,29). The first-order valence-corrected chi connectivity index (χ1v) is 9.56. The Kier molecular flexibility index (Phi) is 5.88. The fourth-order valence-electron chi connectivity index (χ4n) is 2.76. The number of hydrogen-bond donors (Lipinski definition) is 3. The van der Waals surface area contributed by atoms with Gasteiger partial charge < -0.3 is 15.7 Å². The zero-order chi connectivity index (χ0) is 22.1. The molecular weight excluding hydrogens is 391 g/mol. The summed E-state index contributed by atoms with van der Waals surface area (Å²) < 4.78 is 16.8. The first kappa shape index (κ1) is 21.4. The van der Waals surface area contributed by atoms with Crippen LogP contribution in [0.5, 0.6) is 0 Å². The molecule has 3 heterocycles. The number of aliphatic hydroxyl groups is 1. The minimum Gasteiger partial charge on any atom is -0.387 e. The van der Waals surface area contributed by atoms with Gasteiger partial charge in [0.25, 0.3) is 11.5 Å². The lowest BCUT2D eigenvalue weighted by molar-refractivity contribution is -0.00177. The number of aromatic nitrogens is 4. The molecule has 1 unspecified atom stereocenters. The molecule has 10 heteroatoms. The van der Waals surface area contributed by atoms with Crippen molar-refractivity contribution < 1.29 is 14.3 Å². The SMILES string of the molecule is CC(C)Nc1c(C(=O)NCC(F)C(C)(C)O)cnc2cc(-n3ccccc3=O)nn12. The number of carbonyl (C=O) groups excluding carboxylic acids is 1. The highest BCUT2D eigenvalue weighted by molar-refractivity contribution is 5.99. The predicted molar refractivity (Wildman–Crippen MR) is 111 cm³/mol. The van der Waals surface area contributed by atoms with Crippen molar-refractivity contribution in [3.8, 4) is 5.82 Å². The van der Waals surface area contributed by atoms with E-state index in [4.69, 9.17) is 0 Å². The lowest BCUT2D eigenvalue weighted by Crippen LogP contribution is -2.42. The lowest BCUT2D eigenvalue weighted by atomic mass is 10.0. The summed E-state index contributed by atoms with van der Waals surface area (Å²) in [5.41, 5.74) is -1.23. The summed E-state index contributed by atoms with van der Waals surface area (Å²) in [6.07, 6.45) is 1.32. The van der Waals surface area contributed by atoms with Crippen molar-refractivity contribution in [2.75, 3.05) is 11.9 Å². The van der Waals surface area contributed by atoms with E-state index in [1.54, 1.807) is 24.4 Å². The van der Waals surface area contributed by atoms with Gasteiger partial charge in [-0.1, -0.05) is 6.07 Å². The Hall–Kier alpha value is -3.27. The molecular formula is C20H25FN6O3. The van der Waals surface area contributed by atoms with Crippen molar-refractivity contribution in [1.29, 1.82) is 0 Å². The van der Waals surface area contributed by atoms with Crippen LogP contribution in [0, 0.1) is 0 Å². The molecule has 3 N–H and O–H groups in total. The largest absolute Gasteiger partial charge is 0.387 e. The van der Waals surface area contributed by atoms with Gasteiger partial charge in [-0.2, -0.15) is 4.52 Å². The molecule has 0 fully saturated rings. The first-order chi connectivity index (χ1) is 14.1. The molecule has 3 aromatic rings. The van der Waals surface area contributed by atoms with Crippen molar-refractivity contribution in [3.05, 3.63) is 52.6 Å². The minimum absolute atomic E-state index is 0.0421. The number of carbonyl (C=O) groups is 1. The Balaban J connectivity index is 2.01. The number of fused-ring (bicyclic) bond motifs is 1. The average Bonchev–Trinajstić information content (AvgIpc) is 3.09. The van der Waals surface area contributed by atoms with E-state index in [1.807, 2.05) is 13.8 Å². The van der Waals surface area contributed by atoms with Crippen molar-refractivity contribution in [2.24, 2.45) is 0 Å². The van der Waals surface area contributed by atoms with Gasteiger partial charge in [-0.05, 0) is 33.8 Å². The Morgan fingerprint density at radius 1 is 1.33 bits per heavy atom. The molecule has 160 valence electrons. The smallest absolute Gasteiger partial charge is 0.256 e. The quantitative estimate of drug-likeness (QED) is 0.538. The molecule has 0 saturated heterocycles. The number of anilines is 1. The van der Waals surface area contributed by atoms with Gasteiger partial charge >= 0.3 is 0 Å². The van der Waals surface area contributed by atoms with Crippen LogP contribution in [0.1, 0.15) is 38.1 Å². The van der Waals surface area contributed by atoms with E-state index in [1.165, 1.54) is 35.2 Å². The third-order valence-corrected chi connectivity index (χ3v) is 4.42. The number of halogens is 1. The molecule has 0 aliphatic heterocycles. The normalized spacial score (nSPS) is 12.9. The van der Waals surface area contributed by atoms with Crippen molar-refractivity contribution in [3.63, 3.8) is 0 Å². The molecule has 0 spiro atoms. The summed E-state index contributed by atoms with van der Waals surface area (Å²) in [7, 11) is 0. The van der Waals surface area contributed by atoms with Gasteiger partial charge in [-0.15, -0.1) is 5.10 Å². The zero-order valence-corrected chi connectivity index (χ0v) is 17.3. The van der Waals surface area contributed by atoms with Gasteiger partial charge in [0, 0.05) is 30.6 Å². The van der Waals surface area contributed by atoms with Crippen LogP contribution in [0.4, 0.5) is 10.2 Å². The molecule has 0 bridgehead atoms. The van der Waals surface area contributed by atoms with Crippen molar-refractivity contribution in [1.82, 2.24) is 24.5 Å². The monoisotopic (exact) mass is 416 g/mol. The lowest BCUT2D eigenvalue weighted by Gasteiger charge is -2.22. The van der Waals surface area contributed by atoms with Gasteiger partial charge in [0.2, 0.25) is 0 Å². The first-order valence-electron chi connectivity index (χ1n) is 9.56. The third-order valence-electron chi connectivity index (χ3n) is 4.42. The minimum atomic E-state index is -1.64. The molecule has 0 aliphatic rings. The fourth-order valence-corrected chi connectivity index (χ4v) is 2.76. The van der Waals surface area contributed by atoms with E-state index in [2.05, 4.69) is 20.7 Å². The second kappa shape index (κ2) is 8.23. The summed E-state index contributed by atoms with van der Waals surface area (Å²) in [4.78, 5) is 29.1.